The zero-order valence-corrected chi connectivity index (χ0v) is 10.6. The minimum absolute atomic E-state index is 0.274. The average molecular weight is 248 g/mol. The Bertz CT molecular complexity index is 379. The van der Waals surface area contributed by atoms with Gasteiger partial charge in [-0.3, -0.25) is 4.79 Å². The highest BCUT2D eigenvalue weighted by molar-refractivity contribution is 5.84. The number of carbonyl (C=O) groups excluding carboxylic acids is 2. The van der Waals surface area contributed by atoms with E-state index in [-0.39, 0.29) is 5.91 Å². The van der Waals surface area contributed by atoms with Crippen LogP contribution in [0.2, 0.25) is 0 Å². The van der Waals surface area contributed by atoms with Gasteiger partial charge in [0, 0.05) is 0 Å². The van der Waals surface area contributed by atoms with E-state index in [2.05, 4.69) is 5.32 Å². The van der Waals surface area contributed by atoms with Crippen LogP contribution in [-0.4, -0.2) is 24.3 Å². The van der Waals surface area contributed by atoms with E-state index < -0.39 is 12.1 Å². The maximum absolute atomic E-state index is 11.8. The molecule has 2 atom stereocenters. The Morgan fingerprint density at radius 1 is 1.39 bits per heavy atom. The molecular weight excluding hydrogens is 228 g/mol. The topological polar surface area (TPSA) is 72.2 Å². The standard InChI is InChI=1S/C14H20N2O2/c1-2-6-12(10-17)16-14(18)13(15)9-11-7-4-3-5-8-11/h3-5,7-8,10,12-13H,2,6,9,15H2,1H3,(H,16,18). The van der Waals surface area contributed by atoms with Gasteiger partial charge in [-0.25, -0.2) is 0 Å². The second-order valence-electron chi connectivity index (χ2n) is 4.34. The molecule has 4 nitrogen and oxygen atoms in total. The number of hydrogen-bond donors (Lipinski definition) is 2. The average Bonchev–Trinajstić information content (AvgIpc) is 2.39. The zero-order chi connectivity index (χ0) is 13.4. The Morgan fingerprint density at radius 3 is 2.61 bits per heavy atom. The molecule has 3 N–H and O–H groups in total. The lowest BCUT2D eigenvalue weighted by molar-refractivity contribution is -0.125. The van der Waals surface area contributed by atoms with E-state index in [0.29, 0.717) is 12.8 Å². The molecule has 1 rings (SSSR count). The molecule has 0 aliphatic rings. The van der Waals surface area contributed by atoms with E-state index in [4.69, 9.17) is 5.73 Å². The highest BCUT2D eigenvalue weighted by Gasteiger charge is 2.17. The molecule has 0 spiro atoms. The molecule has 0 aromatic heterocycles. The number of amides is 1. The van der Waals surface area contributed by atoms with Crippen molar-refractivity contribution in [2.75, 3.05) is 0 Å². The molecule has 0 saturated heterocycles. The van der Waals surface area contributed by atoms with Gasteiger partial charge in [-0.05, 0) is 18.4 Å². The van der Waals surface area contributed by atoms with Crippen LogP contribution in [0.25, 0.3) is 0 Å². The van der Waals surface area contributed by atoms with Gasteiger partial charge in [-0.2, -0.15) is 0 Å². The summed E-state index contributed by atoms with van der Waals surface area (Å²) in [6.45, 7) is 1.96. The predicted molar refractivity (Wildman–Crippen MR) is 71.0 cm³/mol. The Labute approximate surface area is 108 Å². The summed E-state index contributed by atoms with van der Waals surface area (Å²) in [4.78, 5) is 22.6. The number of nitrogens with one attached hydrogen (secondary N) is 1. The lowest BCUT2D eigenvalue weighted by atomic mass is 10.1. The first-order valence-electron chi connectivity index (χ1n) is 6.22. The van der Waals surface area contributed by atoms with Gasteiger partial charge in [0.05, 0.1) is 12.1 Å². The molecule has 0 aliphatic heterocycles. The molecule has 0 aliphatic carbocycles. The largest absolute Gasteiger partial charge is 0.345 e. The number of carbonyl (C=O) groups is 2. The van der Waals surface area contributed by atoms with Crippen molar-refractivity contribution >= 4 is 12.2 Å². The summed E-state index contributed by atoms with van der Waals surface area (Å²) in [5.41, 5.74) is 6.83. The fourth-order valence-electron chi connectivity index (χ4n) is 1.74. The number of aldehydes is 1. The van der Waals surface area contributed by atoms with Crippen molar-refractivity contribution in [3.8, 4) is 0 Å². The van der Waals surface area contributed by atoms with Crippen LogP contribution in [0.5, 0.6) is 0 Å². The molecule has 1 aromatic carbocycles. The summed E-state index contributed by atoms with van der Waals surface area (Å²) in [5, 5.41) is 2.66. The van der Waals surface area contributed by atoms with Crippen molar-refractivity contribution in [1.29, 1.82) is 0 Å². The summed E-state index contributed by atoms with van der Waals surface area (Å²) in [5.74, 6) is -0.274. The Balaban J connectivity index is 2.48. The molecule has 18 heavy (non-hydrogen) atoms. The molecular formula is C14H20N2O2. The second-order valence-corrected chi connectivity index (χ2v) is 4.34. The first kappa shape index (κ1) is 14.4. The van der Waals surface area contributed by atoms with Crippen LogP contribution in [0, 0.1) is 0 Å². The van der Waals surface area contributed by atoms with Crippen LogP contribution < -0.4 is 11.1 Å². The predicted octanol–water partition coefficient (Wildman–Crippen LogP) is 1.04. The maximum atomic E-state index is 11.8. The third-order valence-electron chi connectivity index (χ3n) is 2.73. The molecule has 1 amide bonds. The van der Waals surface area contributed by atoms with E-state index >= 15 is 0 Å². The fourth-order valence-corrected chi connectivity index (χ4v) is 1.74. The van der Waals surface area contributed by atoms with Crippen molar-refractivity contribution in [2.45, 2.75) is 38.3 Å². The number of nitrogens with two attached hydrogens (primary N) is 1. The van der Waals surface area contributed by atoms with Gasteiger partial charge in [0.1, 0.15) is 6.29 Å². The van der Waals surface area contributed by atoms with E-state index in [1.165, 1.54) is 0 Å². The van der Waals surface area contributed by atoms with Gasteiger partial charge in [-0.1, -0.05) is 43.7 Å². The second kappa shape index (κ2) is 7.61. The van der Waals surface area contributed by atoms with Crippen LogP contribution in [0.1, 0.15) is 25.3 Å². The Hall–Kier alpha value is -1.68. The van der Waals surface area contributed by atoms with E-state index in [9.17, 15) is 9.59 Å². The van der Waals surface area contributed by atoms with Crippen molar-refractivity contribution in [3.05, 3.63) is 35.9 Å². The smallest absolute Gasteiger partial charge is 0.237 e. The normalized spacial score (nSPS) is 13.7. The van der Waals surface area contributed by atoms with Crippen LogP contribution >= 0.6 is 0 Å². The minimum Gasteiger partial charge on any atom is -0.345 e. The van der Waals surface area contributed by atoms with Gasteiger partial charge in [-0.15, -0.1) is 0 Å². The molecule has 0 bridgehead atoms. The highest BCUT2D eigenvalue weighted by atomic mass is 16.2. The first-order valence-corrected chi connectivity index (χ1v) is 6.22. The Kier molecular flexibility index (Phi) is 6.08. The van der Waals surface area contributed by atoms with E-state index in [0.717, 1.165) is 18.3 Å². The molecule has 0 fully saturated rings. The van der Waals surface area contributed by atoms with Crippen LogP contribution in [0.3, 0.4) is 0 Å². The molecule has 98 valence electrons. The van der Waals surface area contributed by atoms with Crippen molar-refractivity contribution < 1.29 is 9.59 Å². The SMILES string of the molecule is CCCC(C=O)NC(=O)C(N)Cc1ccccc1. The van der Waals surface area contributed by atoms with Crippen molar-refractivity contribution in [3.63, 3.8) is 0 Å². The molecule has 0 saturated carbocycles. The van der Waals surface area contributed by atoms with E-state index in [1.54, 1.807) is 0 Å². The quantitative estimate of drug-likeness (QED) is 0.708. The lowest BCUT2D eigenvalue weighted by Crippen LogP contribution is -2.46. The van der Waals surface area contributed by atoms with Crippen LogP contribution in [0.15, 0.2) is 30.3 Å². The van der Waals surface area contributed by atoms with Gasteiger partial charge in [0.15, 0.2) is 0 Å². The molecule has 1 aromatic rings. The molecule has 2 unspecified atom stereocenters. The van der Waals surface area contributed by atoms with Crippen LogP contribution in [0.4, 0.5) is 0 Å². The maximum Gasteiger partial charge on any atom is 0.237 e. The van der Waals surface area contributed by atoms with Gasteiger partial charge < -0.3 is 15.8 Å². The van der Waals surface area contributed by atoms with E-state index in [1.807, 2.05) is 37.3 Å². The number of benzene rings is 1. The summed E-state index contributed by atoms with van der Waals surface area (Å²) < 4.78 is 0. The monoisotopic (exact) mass is 248 g/mol. The molecule has 0 heterocycles. The zero-order valence-electron chi connectivity index (χ0n) is 10.6. The highest BCUT2D eigenvalue weighted by Crippen LogP contribution is 2.02. The van der Waals surface area contributed by atoms with Crippen molar-refractivity contribution in [2.24, 2.45) is 5.73 Å². The van der Waals surface area contributed by atoms with Crippen molar-refractivity contribution in [1.82, 2.24) is 5.32 Å². The van der Waals surface area contributed by atoms with Crippen LogP contribution in [-0.2, 0) is 16.0 Å². The number of hydrogen-bond acceptors (Lipinski definition) is 3. The molecule has 4 heteroatoms. The summed E-state index contributed by atoms with van der Waals surface area (Å²) in [7, 11) is 0. The Morgan fingerprint density at radius 2 is 2.06 bits per heavy atom. The summed E-state index contributed by atoms with van der Waals surface area (Å²) in [6, 6.07) is 8.54. The summed E-state index contributed by atoms with van der Waals surface area (Å²) in [6.07, 6.45) is 2.73. The third kappa shape index (κ3) is 4.67. The number of rotatable bonds is 7. The molecule has 0 radical (unpaired) electrons. The first-order chi connectivity index (χ1) is 8.67. The van der Waals surface area contributed by atoms with Gasteiger partial charge in [0.2, 0.25) is 5.91 Å². The van der Waals surface area contributed by atoms with Gasteiger partial charge >= 0.3 is 0 Å². The van der Waals surface area contributed by atoms with Gasteiger partial charge in [0.25, 0.3) is 0 Å². The lowest BCUT2D eigenvalue weighted by Gasteiger charge is -2.16. The fraction of sp³-hybridized carbons (Fsp3) is 0.429. The summed E-state index contributed by atoms with van der Waals surface area (Å²) >= 11 is 0. The minimum atomic E-state index is -0.619. The third-order valence-corrected chi connectivity index (χ3v) is 2.73.